The van der Waals surface area contributed by atoms with Crippen molar-refractivity contribution in [2.75, 3.05) is 17.6 Å². The Morgan fingerprint density at radius 2 is 2.25 bits per heavy atom. The molecular formula is C17H25N3. The molecular weight excluding hydrogens is 246 g/mol. The van der Waals surface area contributed by atoms with Crippen molar-refractivity contribution in [3.8, 4) is 6.07 Å². The topological polar surface area (TPSA) is 61.8 Å². The summed E-state index contributed by atoms with van der Waals surface area (Å²) in [5.41, 5.74) is 8.56. The van der Waals surface area contributed by atoms with Gasteiger partial charge in [0.1, 0.15) is 0 Å². The predicted molar refractivity (Wildman–Crippen MR) is 84.4 cm³/mol. The molecule has 1 aromatic carbocycles. The zero-order valence-corrected chi connectivity index (χ0v) is 12.4. The van der Waals surface area contributed by atoms with Gasteiger partial charge in [0.05, 0.1) is 12.5 Å². The van der Waals surface area contributed by atoms with Crippen LogP contribution in [0.15, 0.2) is 18.2 Å². The van der Waals surface area contributed by atoms with E-state index in [1.165, 1.54) is 32.1 Å². The number of rotatable bonds is 5. The van der Waals surface area contributed by atoms with Gasteiger partial charge < -0.3 is 11.1 Å². The van der Waals surface area contributed by atoms with Gasteiger partial charge in [-0.05, 0) is 48.4 Å². The minimum absolute atomic E-state index is 0.376. The molecule has 0 spiro atoms. The van der Waals surface area contributed by atoms with Crippen molar-refractivity contribution in [3.05, 3.63) is 23.8 Å². The molecule has 108 valence electrons. The monoisotopic (exact) mass is 271 g/mol. The Hall–Kier alpha value is -1.69. The summed E-state index contributed by atoms with van der Waals surface area (Å²) in [7, 11) is 0. The Balaban J connectivity index is 1.82. The van der Waals surface area contributed by atoms with Crippen LogP contribution in [0, 0.1) is 23.2 Å². The van der Waals surface area contributed by atoms with E-state index < -0.39 is 0 Å². The largest absolute Gasteiger partial charge is 0.398 e. The Bertz CT molecular complexity index is 476. The molecule has 0 aromatic heterocycles. The second kappa shape index (κ2) is 7.19. The van der Waals surface area contributed by atoms with E-state index in [9.17, 15) is 0 Å². The first-order valence-electron chi connectivity index (χ1n) is 7.68. The lowest BCUT2D eigenvalue weighted by Gasteiger charge is -2.26. The summed E-state index contributed by atoms with van der Waals surface area (Å²) < 4.78 is 0. The fourth-order valence-corrected chi connectivity index (χ4v) is 3.20. The lowest BCUT2D eigenvalue weighted by atomic mass is 9.81. The van der Waals surface area contributed by atoms with E-state index >= 15 is 0 Å². The maximum absolute atomic E-state index is 8.78. The molecule has 3 N–H and O–H groups in total. The number of anilines is 2. The quantitative estimate of drug-likeness (QED) is 0.797. The highest BCUT2D eigenvalue weighted by Crippen LogP contribution is 2.30. The third-order valence-corrected chi connectivity index (χ3v) is 4.34. The van der Waals surface area contributed by atoms with Crippen molar-refractivity contribution in [2.24, 2.45) is 11.8 Å². The van der Waals surface area contributed by atoms with Crippen LogP contribution in [0.3, 0.4) is 0 Å². The molecule has 1 aromatic rings. The molecule has 2 rings (SSSR count). The molecule has 0 saturated heterocycles. The summed E-state index contributed by atoms with van der Waals surface area (Å²) in [6.07, 6.45) is 7.17. The third kappa shape index (κ3) is 4.16. The van der Waals surface area contributed by atoms with Crippen LogP contribution in [0.4, 0.5) is 11.4 Å². The lowest BCUT2D eigenvalue weighted by Crippen LogP contribution is -2.16. The van der Waals surface area contributed by atoms with Crippen LogP contribution < -0.4 is 11.1 Å². The van der Waals surface area contributed by atoms with Crippen LogP contribution in [0.25, 0.3) is 0 Å². The molecule has 1 aliphatic carbocycles. The SMILES string of the molecule is CC1CCCC(CCNc2ccc(N)c(CC#N)c2)C1. The Morgan fingerprint density at radius 1 is 1.40 bits per heavy atom. The normalized spacial score (nSPS) is 22.2. The molecule has 3 nitrogen and oxygen atoms in total. The van der Waals surface area contributed by atoms with E-state index in [0.717, 1.165) is 29.6 Å². The van der Waals surface area contributed by atoms with Crippen molar-refractivity contribution in [3.63, 3.8) is 0 Å². The van der Waals surface area contributed by atoms with E-state index in [1.807, 2.05) is 18.2 Å². The Morgan fingerprint density at radius 3 is 3.00 bits per heavy atom. The number of nitriles is 1. The van der Waals surface area contributed by atoms with Gasteiger partial charge in [-0.25, -0.2) is 0 Å². The summed E-state index contributed by atoms with van der Waals surface area (Å²) in [5, 5.41) is 12.2. The van der Waals surface area contributed by atoms with E-state index in [0.29, 0.717) is 12.1 Å². The van der Waals surface area contributed by atoms with Gasteiger partial charge in [-0.1, -0.05) is 26.2 Å². The summed E-state index contributed by atoms with van der Waals surface area (Å²) in [5.74, 6) is 1.77. The third-order valence-electron chi connectivity index (χ3n) is 4.34. The molecule has 0 heterocycles. The number of nitrogens with one attached hydrogen (secondary N) is 1. The lowest BCUT2D eigenvalue weighted by molar-refractivity contribution is 0.274. The second-order valence-corrected chi connectivity index (χ2v) is 6.10. The molecule has 20 heavy (non-hydrogen) atoms. The molecule has 0 amide bonds. The van der Waals surface area contributed by atoms with Gasteiger partial charge in [0.15, 0.2) is 0 Å². The predicted octanol–water partition coefficient (Wildman–Crippen LogP) is 3.96. The first-order valence-corrected chi connectivity index (χ1v) is 7.68. The van der Waals surface area contributed by atoms with E-state index in [-0.39, 0.29) is 0 Å². The molecule has 0 radical (unpaired) electrons. The van der Waals surface area contributed by atoms with Gasteiger partial charge in [0.25, 0.3) is 0 Å². The van der Waals surface area contributed by atoms with Gasteiger partial charge in [0, 0.05) is 17.9 Å². The van der Waals surface area contributed by atoms with Crippen LogP contribution in [-0.4, -0.2) is 6.54 Å². The average Bonchev–Trinajstić information content (AvgIpc) is 2.43. The zero-order chi connectivity index (χ0) is 14.4. The number of hydrogen-bond acceptors (Lipinski definition) is 3. The summed E-state index contributed by atoms with van der Waals surface area (Å²) in [4.78, 5) is 0. The van der Waals surface area contributed by atoms with Crippen molar-refractivity contribution < 1.29 is 0 Å². The highest BCUT2D eigenvalue weighted by molar-refractivity contribution is 5.57. The summed E-state index contributed by atoms with van der Waals surface area (Å²) in [6.45, 7) is 3.38. The van der Waals surface area contributed by atoms with Crippen molar-refractivity contribution >= 4 is 11.4 Å². The van der Waals surface area contributed by atoms with Gasteiger partial charge in [0.2, 0.25) is 0 Å². The molecule has 2 unspecified atom stereocenters. The molecule has 1 saturated carbocycles. The van der Waals surface area contributed by atoms with Crippen LogP contribution in [-0.2, 0) is 6.42 Å². The van der Waals surface area contributed by atoms with Gasteiger partial charge >= 0.3 is 0 Å². The number of nitrogens with two attached hydrogens (primary N) is 1. The smallest absolute Gasteiger partial charge is 0.0670 e. The van der Waals surface area contributed by atoms with Gasteiger partial charge in [-0.15, -0.1) is 0 Å². The fraction of sp³-hybridized carbons (Fsp3) is 0.588. The number of hydrogen-bond donors (Lipinski definition) is 2. The second-order valence-electron chi connectivity index (χ2n) is 6.10. The minimum Gasteiger partial charge on any atom is -0.398 e. The van der Waals surface area contributed by atoms with E-state index in [2.05, 4.69) is 18.3 Å². The summed E-state index contributed by atoms with van der Waals surface area (Å²) >= 11 is 0. The Kier molecular flexibility index (Phi) is 5.29. The average molecular weight is 271 g/mol. The van der Waals surface area contributed by atoms with Gasteiger partial charge in [-0.2, -0.15) is 5.26 Å². The molecule has 0 aliphatic heterocycles. The molecule has 1 fully saturated rings. The fourth-order valence-electron chi connectivity index (χ4n) is 3.20. The standard InChI is InChI=1S/C17H25N3/c1-13-3-2-4-14(11-13)8-10-20-16-5-6-17(19)15(12-16)7-9-18/h5-6,12-14,20H,2-4,7-8,10-11,19H2,1H3. The first-order chi connectivity index (χ1) is 9.69. The first kappa shape index (κ1) is 14.7. The van der Waals surface area contributed by atoms with E-state index in [1.54, 1.807) is 0 Å². The van der Waals surface area contributed by atoms with Crippen LogP contribution in [0.1, 0.15) is 44.6 Å². The van der Waals surface area contributed by atoms with Crippen molar-refractivity contribution in [1.82, 2.24) is 0 Å². The zero-order valence-electron chi connectivity index (χ0n) is 12.4. The number of nitrogen functional groups attached to an aromatic ring is 1. The maximum Gasteiger partial charge on any atom is 0.0670 e. The highest BCUT2D eigenvalue weighted by atomic mass is 14.9. The van der Waals surface area contributed by atoms with E-state index in [4.69, 9.17) is 11.0 Å². The number of benzene rings is 1. The molecule has 2 atom stereocenters. The molecule has 1 aliphatic rings. The van der Waals surface area contributed by atoms with Crippen LogP contribution >= 0.6 is 0 Å². The minimum atomic E-state index is 0.376. The Labute approximate surface area is 122 Å². The highest BCUT2D eigenvalue weighted by Gasteiger charge is 2.18. The molecule has 0 bridgehead atoms. The van der Waals surface area contributed by atoms with Crippen LogP contribution in [0.2, 0.25) is 0 Å². The van der Waals surface area contributed by atoms with Crippen molar-refractivity contribution in [2.45, 2.75) is 45.4 Å². The maximum atomic E-state index is 8.78. The summed E-state index contributed by atoms with van der Waals surface area (Å²) in [6, 6.07) is 8.05. The molecule has 3 heteroatoms. The van der Waals surface area contributed by atoms with Crippen molar-refractivity contribution in [1.29, 1.82) is 5.26 Å². The van der Waals surface area contributed by atoms with Gasteiger partial charge in [-0.3, -0.25) is 0 Å². The van der Waals surface area contributed by atoms with Crippen LogP contribution in [0.5, 0.6) is 0 Å². The number of nitrogens with zero attached hydrogens (tertiary/aromatic N) is 1.